The lowest BCUT2D eigenvalue weighted by Gasteiger charge is -2.13. The Morgan fingerprint density at radius 3 is 2.65 bits per heavy atom. The number of hydrogen-bond acceptors (Lipinski definition) is 1. The maximum atomic E-state index is 9.86. The van der Waals surface area contributed by atoms with Crippen LogP contribution in [0.5, 0.6) is 0 Å². The molecule has 0 aliphatic heterocycles. The monoisotopic (exact) mass is 229 g/mol. The van der Waals surface area contributed by atoms with E-state index in [1.165, 1.54) is 36.6 Å². The maximum absolute atomic E-state index is 9.86. The third-order valence-electron chi connectivity index (χ3n) is 3.94. The average Bonchev–Trinajstić information content (AvgIpc) is 2.95. The van der Waals surface area contributed by atoms with Crippen LogP contribution in [-0.2, 0) is 0 Å². The molecule has 0 radical (unpaired) electrons. The summed E-state index contributed by atoms with van der Waals surface area (Å²) in [6.07, 6.45) is 6.99. The molecule has 0 spiro atoms. The van der Waals surface area contributed by atoms with Crippen molar-refractivity contribution in [2.24, 2.45) is 0 Å². The molecule has 2 nitrogen and oxygen atoms in total. The molecule has 1 aliphatic rings. The largest absolute Gasteiger partial charge is 0.389 e. The second kappa shape index (κ2) is 4.19. The van der Waals surface area contributed by atoms with Crippen molar-refractivity contribution in [3.8, 4) is 0 Å². The molecule has 17 heavy (non-hydrogen) atoms. The number of para-hydroxylation sites is 1. The molecule has 1 N–H and O–H groups in total. The molecule has 1 unspecified atom stereocenters. The fourth-order valence-corrected chi connectivity index (χ4v) is 3.05. The lowest BCUT2D eigenvalue weighted by Crippen LogP contribution is -2.02. The van der Waals surface area contributed by atoms with E-state index >= 15 is 0 Å². The van der Waals surface area contributed by atoms with Crippen LogP contribution in [0.25, 0.3) is 10.9 Å². The Hall–Kier alpha value is -1.28. The molecular formula is C15H19NO. The summed E-state index contributed by atoms with van der Waals surface area (Å²) in [4.78, 5) is 0. The predicted molar refractivity (Wildman–Crippen MR) is 70.1 cm³/mol. The van der Waals surface area contributed by atoms with Gasteiger partial charge in [-0.25, -0.2) is 0 Å². The molecule has 1 fully saturated rings. The number of benzene rings is 1. The van der Waals surface area contributed by atoms with Gasteiger partial charge in [-0.15, -0.1) is 0 Å². The minimum absolute atomic E-state index is 0.387. The number of aliphatic hydroxyl groups excluding tert-OH is 1. The molecular weight excluding hydrogens is 210 g/mol. The van der Waals surface area contributed by atoms with E-state index in [2.05, 4.69) is 29.0 Å². The Balaban J connectivity index is 2.17. The van der Waals surface area contributed by atoms with Gasteiger partial charge in [0.2, 0.25) is 0 Å². The first-order valence-corrected chi connectivity index (χ1v) is 6.55. The molecule has 0 bridgehead atoms. The summed E-state index contributed by atoms with van der Waals surface area (Å²) >= 11 is 0. The normalized spacial score (nSPS) is 18.9. The van der Waals surface area contributed by atoms with Crippen molar-refractivity contribution in [1.82, 2.24) is 4.57 Å². The summed E-state index contributed by atoms with van der Waals surface area (Å²) in [5.41, 5.74) is 2.34. The standard InChI is InChI=1S/C15H19NO/c1-11(17)14-10-16(12-6-2-3-7-12)15-9-5-4-8-13(14)15/h4-5,8-12,17H,2-3,6-7H2,1H3. The van der Waals surface area contributed by atoms with Crippen LogP contribution in [0, 0.1) is 0 Å². The average molecular weight is 229 g/mol. The summed E-state index contributed by atoms with van der Waals surface area (Å²) in [6.45, 7) is 1.85. The summed E-state index contributed by atoms with van der Waals surface area (Å²) in [5, 5.41) is 11.1. The Bertz CT molecular complexity index is 521. The van der Waals surface area contributed by atoms with Gasteiger partial charge in [-0.05, 0) is 25.8 Å². The molecule has 3 rings (SSSR count). The van der Waals surface area contributed by atoms with E-state index < -0.39 is 0 Å². The zero-order chi connectivity index (χ0) is 11.8. The van der Waals surface area contributed by atoms with Gasteiger partial charge in [-0.1, -0.05) is 31.0 Å². The van der Waals surface area contributed by atoms with Crippen LogP contribution in [0.2, 0.25) is 0 Å². The molecule has 1 atom stereocenters. The van der Waals surface area contributed by atoms with Gasteiger partial charge in [0, 0.05) is 28.7 Å². The summed E-state index contributed by atoms with van der Waals surface area (Å²) in [5.74, 6) is 0. The fourth-order valence-electron chi connectivity index (χ4n) is 3.05. The Morgan fingerprint density at radius 2 is 1.94 bits per heavy atom. The van der Waals surface area contributed by atoms with Gasteiger partial charge in [0.1, 0.15) is 0 Å². The first-order chi connectivity index (χ1) is 8.27. The molecule has 0 amide bonds. The van der Waals surface area contributed by atoms with Crippen molar-refractivity contribution < 1.29 is 5.11 Å². The third-order valence-corrected chi connectivity index (χ3v) is 3.94. The van der Waals surface area contributed by atoms with Gasteiger partial charge in [0.05, 0.1) is 6.10 Å². The topological polar surface area (TPSA) is 25.2 Å². The highest BCUT2D eigenvalue weighted by Gasteiger charge is 2.20. The zero-order valence-electron chi connectivity index (χ0n) is 10.3. The quantitative estimate of drug-likeness (QED) is 0.832. The summed E-state index contributed by atoms with van der Waals surface area (Å²) < 4.78 is 2.38. The second-order valence-electron chi connectivity index (χ2n) is 5.12. The van der Waals surface area contributed by atoms with Crippen LogP contribution < -0.4 is 0 Å². The molecule has 1 aromatic heterocycles. The minimum atomic E-state index is -0.387. The first-order valence-electron chi connectivity index (χ1n) is 6.55. The number of aliphatic hydroxyl groups is 1. The van der Waals surface area contributed by atoms with E-state index in [0.29, 0.717) is 6.04 Å². The lowest BCUT2D eigenvalue weighted by molar-refractivity contribution is 0.200. The van der Waals surface area contributed by atoms with Crippen LogP contribution in [0.4, 0.5) is 0 Å². The number of nitrogens with zero attached hydrogens (tertiary/aromatic N) is 1. The Kier molecular flexibility index (Phi) is 2.67. The fraction of sp³-hybridized carbons (Fsp3) is 0.467. The SMILES string of the molecule is CC(O)c1cn(C2CCCC2)c2ccccc12. The molecule has 0 saturated heterocycles. The molecule has 1 saturated carbocycles. The van der Waals surface area contributed by atoms with Crippen molar-refractivity contribution in [1.29, 1.82) is 0 Å². The molecule has 1 heterocycles. The van der Waals surface area contributed by atoms with Crippen molar-refractivity contribution in [2.45, 2.75) is 44.8 Å². The van der Waals surface area contributed by atoms with Gasteiger partial charge in [-0.2, -0.15) is 0 Å². The van der Waals surface area contributed by atoms with E-state index in [0.717, 1.165) is 5.56 Å². The molecule has 1 aliphatic carbocycles. The van der Waals surface area contributed by atoms with Crippen molar-refractivity contribution >= 4 is 10.9 Å². The lowest BCUT2D eigenvalue weighted by atomic mass is 10.1. The van der Waals surface area contributed by atoms with Crippen LogP contribution in [0.15, 0.2) is 30.5 Å². The Morgan fingerprint density at radius 1 is 1.24 bits per heavy atom. The number of rotatable bonds is 2. The highest BCUT2D eigenvalue weighted by atomic mass is 16.3. The highest BCUT2D eigenvalue weighted by Crippen LogP contribution is 2.35. The predicted octanol–water partition coefficient (Wildman–Crippen LogP) is 3.81. The van der Waals surface area contributed by atoms with Crippen molar-refractivity contribution in [3.63, 3.8) is 0 Å². The third kappa shape index (κ3) is 1.77. The highest BCUT2D eigenvalue weighted by molar-refractivity contribution is 5.84. The number of aromatic nitrogens is 1. The van der Waals surface area contributed by atoms with Crippen LogP contribution in [0.1, 0.15) is 50.3 Å². The summed E-state index contributed by atoms with van der Waals surface area (Å²) in [7, 11) is 0. The molecule has 2 aromatic rings. The number of fused-ring (bicyclic) bond motifs is 1. The van der Waals surface area contributed by atoms with Gasteiger partial charge in [0.25, 0.3) is 0 Å². The smallest absolute Gasteiger partial charge is 0.0782 e. The summed E-state index contributed by atoms with van der Waals surface area (Å²) in [6, 6.07) is 9.04. The van der Waals surface area contributed by atoms with E-state index in [-0.39, 0.29) is 6.10 Å². The van der Waals surface area contributed by atoms with E-state index in [4.69, 9.17) is 0 Å². The molecule has 1 aromatic carbocycles. The van der Waals surface area contributed by atoms with E-state index in [9.17, 15) is 5.11 Å². The van der Waals surface area contributed by atoms with Gasteiger partial charge >= 0.3 is 0 Å². The second-order valence-corrected chi connectivity index (χ2v) is 5.12. The van der Waals surface area contributed by atoms with Crippen LogP contribution in [-0.4, -0.2) is 9.67 Å². The van der Waals surface area contributed by atoms with Gasteiger partial charge in [0.15, 0.2) is 0 Å². The minimum Gasteiger partial charge on any atom is -0.389 e. The van der Waals surface area contributed by atoms with Gasteiger partial charge in [-0.3, -0.25) is 0 Å². The van der Waals surface area contributed by atoms with Crippen LogP contribution >= 0.6 is 0 Å². The Labute approximate surface area is 102 Å². The van der Waals surface area contributed by atoms with Crippen LogP contribution in [0.3, 0.4) is 0 Å². The zero-order valence-corrected chi connectivity index (χ0v) is 10.3. The molecule has 90 valence electrons. The van der Waals surface area contributed by atoms with E-state index in [1.807, 2.05) is 13.0 Å². The maximum Gasteiger partial charge on any atom is 0.0782 e. The van der Waals surface area contributed by atoms with Gasteiger partial charge < -0.3 is 9.67 Å². The molecule has 2 heteroatoms. The first kappa shape index (κ1) is 10.8. The van der Waals surface area contributed by atoms with Crippen molar-refractivity contribution in [3.05, 3.63) is 36.0 Å². The number of hydrogen-bond donors (Lipinski definition) is 1. The van der Waals surface area contributed by atoms with E-state index in [1.54, 1.807) is 0 Å². The van der Waals surface area contributed by atoms with Crippen molar-refractivity contribution in [2.75, 3.05) is 0 Å².